The minimum absolute atomic E-state index is 0.204. The molecule has 1 aromatic carbocycles. The molecule has 0 radical (unpaired) electrons. The molecule has 2 aromatic rings. The molecule has 17 heavy (non-hydrogen) atoms. The van der Waals surface area contributed by atoms with Crippen molar-refractivity contribution in [3.8, 4) is 5.75 Å². The van der Waals surface area contributed by atoms with Crippen molar-refractivity contribution < 1.29 is 9.53 Å². The fraction of sp³-hybridized carbons (Fsp3) is 0.0769. The lowest BCUT2D eigenvalue weighted by Gasteiger charge is -2.06. The van der Waals surface area contributed by atoms with Crippen LogP contribution in [0.4, 0.5) is 0 Å². The molecule has 0 saturated carbocycles. The van der Waals surface area contributed by atoms with Crippen LogP contribution in [0.15, 0.2) is 48.7 Å². The number of aromatic nitrogens is 1. The quantitative estimate of drug-likeness (QED) is 0.867. The van der Waals surface area contributed by atoms with Gasteiger partial charge in [-0.25, -0.2) is 0 Å². The summed E-state index contributed by atoms with van der Waals surface area (Å²) in [5.41, 5.74) is 6.40. The van der Waals surface area contributed by atoms with Gasteiger partial charge in [0.1, 0.15) is 18.1 Å². The lowest BCUT2D eigenvalue weighted by Crippen LogP contribution is -2.12. The Morgan fingerprint density at radius 1 is 1.24 bits per heavy atom. The van der Waals surface area contributed by atoms with Crippen molar-refractivity contribution in [2.75, 3.05) is 0 Å². The van der Waals surface area contributed by atoms with Crippen LogP contribution < -0.4 is 10.5 Å². The largest absolute Gasteiger partial charge is 0.489 e. The molecule has 4 nitrogen and oxygen atoms in total. The summed E-state index contributed by atoms with van der Waals surface area (Å²) in [5, 5.41) is 0. The number of rotatable bonds is 4. The standard InChI is InChI=1S/C13H12N2O2/c14-13(16)12-8-11(6-7-15-12)17-9-10-4-2-1-3-5-10/h1-8H,9H2,(H2,14,16). The van der Waals surface area contributed by atoms with Crippen molar-refractivity contribution in [1.82, 2.24) is 4.98 Å². The van der Waals surface area contributed by atoms with Gasteiger partial charge in [0, 0.05) is 12.3 Å². The highest BCUT2D eigenvalue weighted by Crippen LogP contribution is 2.12. The molecule has 1 heterocycles. The summed E-state index contributed by atoms with van der Waals surface area (Å²) < 4.78 is 5.54. The first-order chi connectivity index (χ1) is 8.25. The lowest BCUT2D eigenvalue weighted by atomic mass is 10.2. The van der Waals surface area contributed by atoms with E-state index >= 15 is 0 Å². The van der Waals surface area contributed by atoms with Gasteiger partial charge in [-0.15, -0.1) is 0 Å². The van der Waals surface area contributed by atoms with E-state index in [-0.39, 0.29) is 5.69 Å². The second-order valence-electron chi connectivity index (χ2n) is 3.52. The van der Waals surface area contributed by atoms with Crippen LogP contribution in [0.5, 0.6) is 5.75 Å². The van der Waals surface area contributed by atoms with Crippen LogP contribution in [0.25, 0.3) is 0 Å². The number of primary amides is 1. The summed E-state index contributed by atoms with van der Waals surface area (Å²) >= 11 is 0. The maximum Gasteiger partial charge on any atom is 0.267 e. The van der Waals surface area contributed by atoms with Gasteiger partial charge in [0.05, 0.1) is 0 Å². The Morgan fingerprint density at radius 3 is 2.71 bits per heavy atom. The van der Waals surface area contributed by atoms with Gasteiger partial charge in [0.25, 0.3) is 5.91 Å². The maximum atomic E-state index is 10.9. The third kappa shape index (κ3) is 3.04. The molecular formula is C13H12N2O2. The first-order valence-electron chi connectivity index (χ1n) is 5.18. The zero-order valence-electron chi connectivity index (χ0n) is 9.17. The highest BCUT2D eigenvalue weighted by atomic mass is 16.5. The Labute approximate surface area is 99.1 Å². The summed E-state index contributed by atoms with van der Waals surface area (Å²) in [6.07, 6.45) is 1.50. The van der Waals surface area contributed by atoms with E-state index in [1.54, 1.807) is 6.07 Å². The van der Waals surface area contributed by atoms with Crippen LogP contribution in [0.1, 0.15) is 16.1 Å². The first-order valence-corrected chi connectivity index (χ1v) is 5.18. The fourth-order valence-corrected chi connectivity index (χ4v) is 1.38. The predicted octanol–water partition coefficient (Wildman–Crippen LogP) is 1.76. The van der Waals surface area contributed by atoms with Gasteiger partial charge in [-0.3, -0.25) is 9.78 Å². The molecule has 0 aliphatic heterocycles. The van der Waals surface area contributed by atoms with Crippen LogP contribution in [-0.2, 0) is 6.61 Å². The SMILES string of the molecule is NC(=O)c1cc(OCc2ccccc2)ccn1. The summed E-state index contributed by atoms with van der Waals surface area (Å²) in [6, 6.07) is 13.0. The van der Waals surface area contributed by atoms with E-state index in [9.17, 15) is 4.79 Å². The van der Waals surface area contributed by atoms with Gasteiger partial charge >= 0.3 is 0 Å². The number of carbonyl (C=O) groups excluding carboxylic acids is 1. The number of benzene rings is 1. The monoisotopic (exact) mass is 228 g/mol. The minimum Gasteiger partial charge on any atom is -0.489 e. The van der Waals surface area contributed by atoms with Crippen molar-refractivity contribution in [2.45, 2.75) is 6.61 Å². The molecule has 4 heteroatoms. The predicted molar refractivity (Wildman–Crippen MR) is 63.5 cm³/mol. The average Bonchev–Trinajstić information content (AvgIpc) is 2.38. The molecule has 1 aromatic heterocycles. The fourth-order valence-electron chi connectivity index (χ4n) is 1.38. The number of carbonyl (C=O) groups is 1. The maximum absolute atomic E-state index is 10.9. The van der Waals surface area contributed by atoms with E-state index < -0.39 is 5.91 Å². The summed E-state index contributed by atoms with van der Waals surface area (Å²) in [4.78, 5) is 14.8. The van der Waals surface area contributed by atoms with E-state index in [1.807, 2.05) is 30.3 Å². The number of hydrogen-bond donors (Lipinski definition) is 1. The molecule has 0 aliphatic rings. The zero-order valence-corrected chi connectivity index (χ0v) is 9.17. The van der Waals surface area contributed by atoms with E-state index in [4.69, 9.17) is 10.5 Å². The van der Waals surface area contributed by atoms with Crippen LogP contribution in [0.3, 0.4) is 0 Å². The molecule has 0 bridgehead atoms. The van der Waals surface area contributed by atoms with Crippen LogP contribution in [0.2, 0.25) is 0 Å². The Bertz CT molecular complexity index is 512. The van der Waals surface area contributed by atoms with E-state index in [1.165, 1.54) is 12.3 Å². The van der Waals surface area contributed by atoms with E-state index in [0.29, 0.717) is 12.4 Å². The molecule has 2 N–H and O–H groups in total. The molecule has 0 unspecified atom stereocenters. The van der Waals surface area contributed by atoms with Crippen LogP contribution in [0, 0.1) is 0 Å². The van der Waals surface area contributed by atoms with Crippen molar-refractivity contribution in [3.05, 3.63) is 59.9 Å². The molecule has 1 amide bonds. The Balaban J connectivity index is 2.04. The van der Waals surface area contributed by atoms with Gasteiger partial charge in [-0.05, 0) is 11.6 Å². The highest BCUT2D eigenvalue weighted by molar-refractivity contribution is 5.91. The second kappa shape index (κ2) is 5.12. The molecule has 0 atom stereocenters. The third-order valence-electron chi connectivity index (χ3n) is 2.23. The molecule has 0 fully saturated rings. The van der Waals surface area contributed by atoms with Gasteiger partial charge in [-0.1, -0.05) is 30.3 Å². The number of nitrogens with two attached hydrogens (primary N) is 1. The second-order valence-corrected chi connectivity index (χ2v) is 3.52. The van der Waals surface area contributed by atoms with E-state index in [0.717, 1.165) is 5.56 Å². The Hall–Kier alpha value is -2.36. The topological polar surface area (TPSA) is 65.2 Å². The van der Waals surface area contributed by atoms with Crippen molar-refractivity contribution in [1.29, 1.82) is 0 Å². The highest BCUT2D eigenvalue weighted by Gasteiger charge is 2.03. The summed E-state index contributed by atoms with van der Waals surface area (Å²) in [6.45, 7) is 0.447. The van der Waals surface area contributed by atoms with Crippen molar-refractivity contribution in [3.63, 3.8) is 0 Å². The van der Waals surface area contributed by atoms with Gasteiger partial charge < -0.3 is 10.5 Å². The van der Waals surface area contributed by atoms with Crippen molar-refractivity contribution in [2.24, 2.45) is 5.73 Å². The first kappa shape index (κ1) is 11.1. The summed E-state index contributed by atoms with van der Waals surface area (Å²) in [5.74, 6) is 0.0211. The van der Waals surface area contributed by atoms with Gasteiger partial charge in [0.15, 0.2) is 0 Å². The number of nitrogens with zero attached hydrogens (tertiary/aromatic N) is 1. The van der Waals surface area contributed by atoms with E-state index in [2.05, 4.69) is 4.98 Å². The Kier molecular flexibility index (Phi) is 3.35. The smallest absolute Gasteiger partial charge is 0.267 e. The van der Waals surface area contributed by atoms with Gasteiger partial charge in [0.2, 0.25) is 0 Å². The normalized spacial score (nSPS) is 9.88. The molecule has 0 saturated heterocycles. The minimum atomic E-state index is -0.560. The van der Waals surface area contributed by atoms with Crippen LogP contribution >= 0.6 is 0 Å². The molecule has 0 spiro atoms. The lowest BCUT2D eigenvalue weighted by molar-refractivity contribution is 0.0995. The molecular weight excluding hydrogens is 216 g/mol. The summed E-state index contributed by atoms with van der Waals surface area (Å²) in [7, 11) is 0. The van der Waals surface area contributed by atoms with Gasteiger partial charge in [-0.2, -0.15) is 0 Å². The molecule has 2 rings (SSSR count). The molecule has 86 valence electrons. The number of ether oxygens (including phenoxy) is 1. The third-order valence-corrected chi connectivity index (χ3v) is 2.23. The average molecular weight is 228 g/mol. The number of pyridine rings is 1. The zero-order chi connectivity index (χ0) is 12.1. The number of amides is 1. The van der Waals surface area contributed by atoms with Crippen molar-refractivity contribution >= 4 is 5.91 Å². The Morgan fingerprint density at radius 2 is 2.00 bits per heavy atom. The van der Waals surface area contributed by atoms with Crippen LogP contribution in [-0.4, -0.2) is 10.9 Å². The number of hydrogen-bond acceptors (Lipinski definition) is 3. The molecule has 0 aliphatic carbocycles.